The van der Waals surface area contributed by atoms with Gasteiger partial charge in [-0.15, -0.1) is 0 Å². The summed E-state index contributed by atoms with van der Waals surface area (Å²) < 4.78 is 33.2. The van der Waals surface area contributed by atoms with E-state index in [0.29, 0.717) is 17.2 Å². The van der Waals surface area contributed by atoms with Gasteiger partial charge in [0.1, 0.15) is 0 Å². The quantitative estimate of drug-likeness (QED) is 0.543. The smallest absolute Gasteiger partial charge is 0.282 e. The molecule has 4 N–H and O–H groups in total. The summed E-state index contributed by atoms with van der Waals surface area (Å²) in [5.74, 6) is 1.20. The van der Waals surface area contributed by atoms with E-state index in [-0.39, 0.29) is 16.8 Å². The van der Waals surface area contributed by atoms with Gasteiger partial charge in [0.25, 0.3) is 5.91 Å². The molecule has 0 radical (unpaired) electrons. The van der Waals surface area contributed by atoms with Gasteiger partial charge in [0.2, 0.25) is 10.0 Å². The fraction of sp³-hybridized carbons (Fsp3) is 0.350. The Hall–Kier alpha value is -2.62. The Bertz CT molecular complexity index is 945. The first-order valence-corrected chi connectivity index (χ1v) is 10.7. The first kappa shape index (κ1) is 22.7. The van der Waals surface area contributed by atoms with Crippen molar-refractivity contribution in [2.75, 3.05) is 33.1 Å². The van der Waals surface area contributed by atoms with Crippen LogP contribution in [0.2, 0.25) is 0 Å². The lowest BCUT2D eigenvalue weighted by atomic mass is 10.1. The molecule has 0 heterocycles. The highest BCUT2D eigenvalue weighted by Crippen LogP contribution is 2.27. The summed E-state index contributed by atoms with van der Waals surface area (Å²) in [6, 6.07) is 11.2. The molecule has 2 rings (SSSR count). The third kappa shape index (κ3) is 6.18. The molecule has 0 saturated heterocycles. The minimum atomic E-state index is -3.75. The zero-order chi connectivity index (χ0) is 21.6. The van der Waals surface area contributed by atoms with Crippen molar-refractivity contribution in [1.29, 1.82) is 0 Å². The number of sulfonamides is 1. The second-order valence-electron chi connectivity index (χ2n) is 6.82. The number of rotatable bonds is 9. The number of carbonyl (C=O) groups excluding carboxylic acids is 1. The molecular formula is C20H28N3O5S+. The van der Waals surface area contributed by atoms with Gasteiger partial charge in [-0.1, -0.05) is 6.07 Å². The number of primary sulfonamides is 1. The van der Waals surface area contributed by atoms with Crippen LogP contribution >= 0.6 is 0 Å². The topological polar surface area (TPSA) is 112 Å². The number of likely N-dealkylation sites (N-methyl/N-ethyl adjacent to an activating group) is 1. The van der Waals surface area contributed by atoms with Gasteiger partial charge in [-0.25, -0.2) is 13.6 Å². The molecule has 2 aromatic carbocycles. The summed E-state index contributed by atoms with van der Waals surface area (Å²) in [6.07, 6.45) is 0.771. The van der Waals surface area contributed by atoms with Gasteiger partial charge in [0, 0.05) is 12.1 Å². The van der Waals surface area contributed by atoms with Crippen LogP contribution in [0.5, 0.6) is 11.5 Å². The molecule has 1 amide bonds. The van der Waals surface area contributed by atoms with Gasteiger partial charge in [0.15, 0.2) is 17.5 Å². The third-order valence-corrected chi connectivity index (χ3v) is 5.77. The van der Waals surface area contributed by atoms with E-state index >= 15 is 0 Å². The minimum absolute atomic E-state index is 0.00112. The molecule has 0 aromatic heterocycles. The molecule has 0 aliphatic carbocycles. The molecule has 0 saturated carbocycles. The Morgan fingerprint density at radius 2 is 1.72 bits per heavy atom. The maximum absolute atomic E-state index is 12.5. The first-order valence-electron chi connectivity index (χ1n) is 9.12. The normalized spacial score (nSPS) is 13.4. The Kier molecular flexibility index (Phi) is 7.60. The van der Waals surface area contributed by atoms with Crippen LogP contribution in [0.1, 0.15) is 12.5 Å². The van der Waals surface area contributed by atoms with E-state index in [1.807, 2.05) is 32.2 Å². The second-order valence-corrected chi connectivity index (χ2v) is 8.38. The predicted octanol–water partition coefficient (Wildman–Crippen LogP) is 0.436. The predicted molar refractivity (Wildman–Crippen MR) is 111 cm³/mol. The van der Waals surface area contributed by atoms with E-state index < -0.39 is 10.0 Å². The fourth-order valence-corrected chi connectivity index (χ4v) is 3.31. The van der Waals surface area contributed by atoms with Crippen LogP contribution in [0, 0.1) is 0 Å². The Morgan fingerprint density at radius 3 is 2.28 bits per heavy atom. The zero-order valence-electron chi connectivity index (χ0n) is 17.1. The average molecular weight is 423 g/mol. The lowest BCUT2D eigenvalue weighted by molar-refractivity contribution is -0.893. The number of carbonyl (C=O) groups is 1. The Labute approximate surface area is 171 Å². The summed E-state index contributed by atoms with van der Waals surface area (Å²) >= 11 is 0. The van der Waals surface area contributed by atoms with E-state index in [4.69, 9.17) is 14.6 Å². The molecular weight excluding hydrogens is 394 g/mol. The molecule has 0 aliphatic heterocycles. The van der Waals surface area contributed by atoms with Crippen molar-refractivity contribution < 1.29 is 27.6 Å². The molecule has 2 atom stereocenters. The van der Waals surface area contributed by atoms with Crippen LogP contribution in [0.3, 0.4) is 0 Å². The largest absolute Gasteiger partial charge is 0.493 e. The van der Waals surface area contributed by atoms with E-state index in [2.05, 4.69) is 5.32 Å². The molecule has 0 aliphatic rings. The van der Waals surface area contributed by atoms with Crippen molar-refractivity contribution in [3.05, 3.63) is 48.0 Å². The van der Waals surface area contributed by atoms with Gasteiger partial charge in [-0.3, -0.25) is 4.79 Å². The summed E-state index contributed by atoms with van der Waals surface area (Å²) in [7, 11) is 1.39. The fourth-order valence-electron chi connectivity index (χ4n) is 2.80. The van der Waals surface area contributed by atoms with Crippen molar-refractivity contribution in [2.24, 2.45) is 5.14 Å². The van der Waals surface area contributed by atoms with Crippen LogP contribution < -0.4 is 24.8 Å². The number of nitrogens with two attached hydrogens (primary N) is 1. The highest BCUT2D eigenvalue weighted by Gasteiger charge is 2.22. The number of anilines is 1. The molecule has 1 unspecified atom stereocenters. The van der Waals surface area contributed by atoms with Crippen LogP contribution in [0.15, 0.2) is 47.4 Å². The molecule has 0 fully saturated rings. The molecule has 9 heteroatoms. The highest BCUT2D eigenvalue weighted by molar-refractivity contribution is 7.89. The van der Waals surface area contributed by atoms with Gasteiger partial charge >= 0.3 is 0 Å². The second kappa shape index (κ2) is 9.73. The number of amides is 1. The SMILES string of the molecule is COc1ccc(CC[NH+](C)[C@H](C)C(=O)Nc2ccc(S(N)(=O)=O)cc2)cc1OC. The van der Waals surface area contributed by atoms with Crippen LogP contribution in [-0.4, -0.2) is 48.2 Å². The number of hydrogen-bond acceptors (Lipinski definition) is 5. The maximum Gasteiger partial charge on any atom is 0.282 e. The van der Waals surface area contributed by atoms with E-state index in [9.17, 15) is 13.2 Å². The molecule has 29 heavy (non-hydrogen) atoms. The molecule has 158 valence electrons. The summed E-state index contributed by atoms with van der Waals surface area (Å²) in [5, 5.41) is 7.88. The Balaban J connectivity index is 1.93. The molecule has 0 spiro atoms. The van der Waals surface area contributed by atoms with Crippen molar-refractivity contribution >= 4 is 21.6 Å². The molecule has 8 nitrogen and oxygen atoms in total. The van der Waals surface area contributed by atoms with Crippen LogP contribution in [-0.2, 0) is 21.2 Å². The lowest BCUT2D eigenvalue weighted by Crippen LogP contribution is -3.14. The maximum atomic E-state index is 12.5. The van der Waals surface area contributed by atoms with Gasteiger partial charge < -0.3 is 19.7 Å². The zero-order valence-corrected chi connectivity index (χ0v) is 17.9. The summed E-state index contributed by atoms with van der Waals surface area (Å²) in [6.45, 7) is 2.59. The number of ether oxygens (including phenoxy) is 2. The molecule has 0 bridgehead atoms. The number of quaternary nitrogens is 1. The monoisotopic (exact) mass is 422 g/mol. The number of benzene rings is 2. The summed E-state index contributed by atoms with van der Waals surface area (Å²) in [5.41, 5.74) is 1.61. The van der Waals surface area contributed by atoms with Gasteiger partial charge in [0.05, 0.1) is 32.7 Å². The Morgan fingerprint density at radius 1 is 1.10 bits per heavy atom. The molecule has 2 aromatic rings. The van der Waals surface area contributed by atoms with E-state index in [1.165, 1.54) is 24.3 Å². The van der Waals surface area contributed by atoms with Gasteiger partial charge in [-0.05, 0) is 48.9 Å². The van der Waals surface area contributed by atoms with E-state index in [1.54, 1.807) is 14.2 Å². The van der Waals surface area contributed by atoms with Crippen molar-refractivity contribution in [3.63, 3.8) is 0 Å². The van der Waals surface area contributed by atoms with Crippen molar-refractivity contribution in [2.45, 2.75) is 24.3 Å². The van der Waals surface area contributed by atoms with Crippen LogP contribution in [0.25, 0.3) is 0 Å². The van der Waals surface area contributed by atoms with Crippen molar-refractivity contribution in [3.8, 4) is 11.5 Å². The highest BCUT2D eigenvalue weighted by atomic mass is 32.2. The van der Waals surface area contributed by atoms with Crippen LogP contribution in [0.4, 0.5) is 5.69 Å². The third-order valence-electron chi connectivity index (χ3n) is 4.84. The number of methoxy groups -OCH3 is 2. The lowest BCUT2D eigenvalue weighted by Gasteiger charge is -2.21. The first-order chi connectivity index (χ1) is 13.7. The number of hydrogen-bond donors (Lipinski definition) is 3. The van der Waals surface area contributed by atoms with E-state index in [0.717, 1.165) is 23.4 Å². The summed E-state index contributed by atoms with van der Waals surface area (Å²) in [4.78, 5) is 13.6. The number of nitrogens with one attached hydrogen (secondary N) is 2. The minimum Gasteiger partial charge on any atom is -0.493 e. The standard InChI is InChI=1S/C20H27N3O5S/c1-14(20(24)22-16-6-8-17(9-7-16)29(21,25)26)23(2)12-11-15-5-10-18(27-3)19(13-15)28-4/h5-10,13-14H,11-12H2,1-4H3,(H,22,24)(H2,21,25,26)/p+1/t14-/m1/s1. The van der Waals surface area contributed by atoms with Gasteiger partial charge in [-0.2, -0.15) is 0 Å². The average Bonchev–Trinajstić information content (AvgIpc) is 2.70. The van der Waals surface area contributed by atoms with Crippen molar-refractivity contribution in [1.82, 2.24) is 0 Å².